The molecule has 7 heteroatoms. The fourth-order valence-corrected chi connectivity index (χ4v) is 2.94. The van der Waals surface area contributed by atoms with Gasteiger partial charge in [-0.15, -0.1) is 0 Å². The molecule has 1 atom stereocenters. The molecule has 3 N–H and O–H groups in total. The van der Waals surface area contributed by atoms with Gasteiger partial charge >= 0.3 is 6.09 Å². The van der Waals surface area contributed by atoms with Gasteiger partial charge in [-0.1, -0.05) is 23.4 Å². The van der Waals surface area contributed by atoms with Crippen molar-refractivity contribution in [3.05, 3.63) is 78.1 Å². The van der Waals surface area contributed by atoms with E-state index in [1.54, 1.807) is 25.1 Å². The van der Waals surface area contributed by atoms with Crippen LogP contribution < -0.4 is 5.32 Å². The van der Waals surface area contributed by atoms with E-state index in [0.717, 1.165) is 0 Å². The number of hydrogen-bond acceptors (Lipinski definition) is 4. The summed E-state index contributed by atoms with van der Waals surface area (Å²) in [5, 5.41) is 25.0. The summed E-state index contributed by atoms with van der Waals surface area (Å²) >= 11 is 0. The van der Waals surface area contributed by atoms with E-state index in [4.69, 9.17) is 4.52 Å². The first-order chi connectivity index (χ1) is 12.3. The Morgan fingerprint density at radius 1 is 1.23 bits per heavy atom. The molecule has 0 bridgehead atoms. The molecule has 2 aromatic carbocycles. The van der Waals surface area contributed by atoms with Crippen LogP contribution in [0.5, 0.6) is 5.75 Å². The fourth-order valence-electron chi connectivity index (χ4n) is 2.94. The largest absolute Gasteiger partial charge is 0.508 e. The molecular weight excluding hydrogens is 339 g/mol. The van der Waals surface area contributed by atoms with Gasteiger partial charge in [0.2, 0.25) is 0 Å². The SMILES string of the molecule is [CH2]C(NC(=O)O)(c1ccccc1F)c1c(C)noc1-c1ccc(O)cc1. The lowest BCUT2D eigenvalue weighted by atomic mass is 9.82. The van der Waals surface area contributed by atoms with Crippen molar-refractivity contribution in [3.63, 3.8) is 0 Å². The average Bonchev–Trinajstić information content (AvgIpc) is 2.97. The number of carbonyl (C=O) groups is 1. The van der Waals surface area contributed by atoms with Crippen LogP contribution in [-0.4, -0.2) is 21.5 Å². The summed E-state index contributed by atoms with van der Waals surface area (Å²) in [4.78, 5) is 11.4. The van der Waals surface area contributed by atoms with Gasteiger partial charge in [0, 0.05) is 11.1 Å². The van der Waals surface area contributed by atoms with Gasteiger partial charge in [-0.25, -0.2) is 9.18 Å². The second kappa shape index (κ2) is 6.51. The van der Waals surface area contributed by atoms with E-state index in [0.29, 0.717) is 11.3 Å². The summed E-state index contributed by atoms with van der Waals surface area (Å²) in [6, 6.07) is 11.8. The number of aromatic nitrogens is 1. The second-order valence-corrected chi connectivity index (χ2v) is 5.83. The maximum atomic E-state index is 14.5. The molecule has 6 nitrogen and oxygen atoms in total. The topological polar surface area (TPSA) is 95.6 Å². The van der Waals surface area contributed by atoms with E-state index in [1.165, 1.54) is 30.3 Å². The minimum atomic E-state index is -1.69. The third-order valence-corrected chi connectivity index (χ3v) is 4.07. The third-order valence-electron chi connectivity index (χ3n) is 4.07. The second-order valence-electron chi connectivity index (χ2n) is 5.83. The lowest BCUT2D eigenvalue weighted by Gasteiger charge is -2.30. The van der Waals surface area contributed by atoms with Crippen LogP contribution in [0.4, 0.5) is 9.18 Å². The molecule has 0 saturated carbocycles. The minimum absolute atomic E-state index is 0.0359. The summed E-state index contributed by atoms with van der Waals surface area (Å²) < 4.78 is 19.9. The maximum Gasteiger partial charge on any atom is 0.405 e. The van der Waals surface area contributed by atoms with Gasteiger partial charge in [-0.2, -0.15) is 0 Å². The van der Waals surface area contributed by atoms with Crippen LogP contribution in [-0.2, 0) is 5.54 Å². The number of hydrogen-bond donors (Lipinski definition) is 3. The van der Waals surface area contributed by atoms with E-state index < -0.39 is 17.4 Å². The Morgan fingerprint density at radius 3 is 2.50 bits per heavy atom. The van der Waals surface area contributed by atoms with Crippen molar-refractivity contribution in [1.82, 2.24) is 10.5 Å². The number of phenolic OH excluding ortho intramolecular Hbond substituents is 1. The lowest BCUT2D eigenvalue weighted by Crippen LogP contribution is -2.45. The molecule has 1 amide bonds. The zero-order valence-electron chi connectivity index (χ0n) is 13.9. The van der Waals surface area contributed by atoms with Crippen molar-refractivity contribution in [2.24, 2.45) is 0 Å². The number of carboxylic acid groups (broad SMARTS) is 1. The Hall–Kier alpha value is -3.35. The Kier molecular flexibility index (Phi) is 4.38. The molecule has 133 valence electrons. The van der Waals surface area contributed by atoms with E-state index in [1.807, 2.05) is 0 Å². The molecule has 0 fully saturated rings. The minimum Gasteiger partial charge on any atom is -0.508 e. The van der Waals surface area contributed by atoms with Crippen LogP contribution >= 0.6 is 0 Å². The van der Waals surface area contributed by atoms with Crippen molar-refractivity contribution >= 4 is 6.09 Å². The number of nitrogens with zero attached hydrogens (tertiary/aromatic N) is 1. The fraction of sp³-hybridized carbons (Fsp3) is 0.105. The summed E-state index contributed by atoms with van der Waals surface area (Å²) in [5.74, 6) is -0.326. The van der Waals surface area contributed by atoms with Gasteiger partial charge in [-0.3, -0.25) is 0 Å². The highest BCUT2D eigenvalue weighted by Gasteiger charge is 2.39. The Morgan fingerprint density at radius 2 is 1.88 bits per heavy atom. The normalized spacial score (nSPS) is 13.2. The first kappa shape index (κ1) is 17.5. The molecule has 0 spiro atoms. The Bertz CT molecular complexity index is 952. The predicted octanol–water partition coefficient (Wildman–Crippen LogP) is 3.84. The maximum absolute atomic E-state index is 14.5. The first-order valence-electron chi connectivity index (χ1n) is 7.70. The lowest BCUT2D eigenvalue weighted by molar-refractivity contribution is 0.186. The quantitative estimate of drug-likeness (QED) is 0.661. The molecule has 3 rings (SSSR count). The van der Waals surface area contributed by atoms with E-state index in [-0.39, 0.29) is 22.6 Å². The molecule has 1 aromatic heterocycles. The number of benzene rings is 2. The molecule has 26 heavy (non-hydrogen) atoms. The van der Waals surface area contributed by atoms with E-state index in [9.17, 15) is 19.4 Å². The zero-order chi connectivity index (χ0) is 18.9. The summed E-state index contributed by atoms with van der Waals surface area (Å²) in [6.07, 6.45) is -1.37. The van der Waals surface area contributed by atoms with Crippen LogP contribution in [0.3, 0.4) is 0 Å². The molecule has 1 unspecified atom stereocenters. The number of halogens is 1. The van der Waals surface area contributed by atoms with Gasteiger partial charge in [0.1, 0.15) is 17.1 Å². The van der Waals surface area contributed by atoms with E-state index >= 15 is 0 Å². The van der Waals surface area contributed by atoms with Crippen LogP contribution in [0.15, 0.2) is 53.1 Å². The molecule has 0 aliphatic heterocycles. The van der Waals surface area contributed by atoms with Gasteiger partial charge in [0.05, 0.1) is 11.3 Å². The standard InChI is InChI=1S/C19H16FN2O4/c1-11-16(17(26-22-11)12-7-9-13(23)10-8-12)19(2,21-18(24)25)14-5-3-4-6-15(14)20/h3-10,21,23H,2H2,1H3,(H,24,25). The third kappa shape index (κ3) is 2.99. The van der Waals surface area contributed by atoms with Gasteiger partial charge in [0.25, 0.3) is 0 Å². The van der Waals surface area contributed by atoms with Crippen LogP contribution in [0.2, 0.25) is 0 Å². The highest BCUT2D eigenvalue weighted by atomic mass is 19.1. The average molecular weight is 355 g/mol. The number of aryl methyl sites for hydroxylation is 1. The molecule has 0 saturated heterocycles. The number of amides is 1. The first-order valence-corrected chi connectivity index (χ1v) is 7.70. The summed E-state index contributed by atoms with van der Waals surface area (Å²) in [6.45, 7) is 5.58. The van der Waals surface area contributed by atoms with Gasteiger partial charge < -0.3 is 20.1 Å². The van der Waals surface area contributed by atoms with Crippen molar-refractivity contribution in [2.75, 3.05) is 0 Å². The van der Waals surface area contributed by atoms with E-state index in [2.05, 4.69) is 17.4 Å². The Labute approximate surface area is 148 Å². The summed E-state index contributed by atoms with van der Waals surface area (Å²) in [7, 11) is 0. The van der Waals surface area contributed by atoms with Crippen LogP contribution in [0.1, 0.15) is 16.8 Å². The highest BCUT2D eigenvalue weighted by molar-refractivity contribution is 5.72. The van der Waals surface area contributed by atoms with Crippen molar-refractivity contribution in [2.45, 2.75) is 12.5 Å². The highest BCUT2D eigenvalue weighted by Crippen LogP contribution is 2.39. The zero-order valence-corrected chi connectivity index (χ0v) is 13.9. The van der Waals surface area contributed by atoms with Gasteiger partial charge in [0.15, 0.2) is 5.76 Å². The number of rotatable bonds is 4. The van der Waals surface area contributed by atoms with Crippen LogP contribution in [0, 0.1) is 19.7 Å². The molecule has 3 aromatic rings. The van der Waals surface area contributed by atoms with Gasteiger partial charge in [-0.05, 0) is 44.2 Å². The molecule has 1 radical (unpaired) electrons. The molecule has 0 aliphatic rings. The molecule has 0 aliphatic carbocycles. The van der Waals surface area contributed by atoms with Crippen molar-refractivity contribution < 1.29 is 23.9 Å². The number of phenols is 1. The number of aromatic hydroxyl groups is 1. The molecule has 1 heterocycles. The molecular formula is C19H16FN2O4. The Balaban J connectivity index is 2.26. The smallest absolute Gasteiger partial charge is 0.405 e. The number of nitrogens with one attached hydrogen (secondary N) is 1. The van der Waals surface area contributed by atoms with Crippen molar-refractivity contribution in [3.8, 4) is 17.1 Å². The monoisotopic (exact) mass is 355 g/mol. The predicted molar refractivity (Wildman–Crippen MR) is 92.0 cm³/mol. The van der Waals surface area contributed by atoms with Crippen molar-refractivity contribution in [1.29, 1.82) is 0 Å². The van der Waals surface area contributed by atoms with Crippen LogP contribution in [0.25, 0.3) is 11.3 Å². The summed E-state index contributed by atoms with van der Waals surface area (Å²) in [5.41, 5.74) is -0.464.